The molecule has 156 valence electrons. The molecule has 0 spiro atoms. The Labute approximate surface area is 167 Å². The van der Waals surface area contributed by atoms with Gasteiger partial charge in [0.05, 0.1) is 12.0 Å². The molecule has 1 aliphatic heterocycles. The van der Waals surface area contributed by atoms with E-state index in [1.54, 1.807) is 12.1 Å². The molecular formula is C20H24F2N4O3. The largest absolute Gasteiger partial charge is 0.459 e. The molecule has 2 aromatic rings. The number of nitrogens with one attached hydrogen (secondary N) is 2. The first-order valence-corrected chi connectivity index (χ1v) is 9.72. The van der Waals surface area contributed by atoms with E-state index in [4.69, 9.17) is 4.42 Å². The van der Waals surface area contributed by atoms with E-state index in [-0.39, 0.29) is 11.6 Å². The van der Waals surface area contributed by atoms with Crippen molar-refractivity contribution in [1.82, 2.24) is 15.2 Å². The molecule has 2 N–H and O–H groups in total. The van der Waals surface area contributed by atoms with E-state index in [2.05, 4.69) is 15.6 Å². The second-order valence-corrected chi connectivity index (χ2v) is 7.11. The van der Waals surface area contributed by atoms with Crippen molar-refractivity contribution in [2.45, 2.75) is 32.1 Å². The number of nitrogens with zero attached hydrogens (tertiary/aromatic N) is 2. The molecule has 1 unspecified atom stereocenters. The van der Waals surface area contributed by atoms with Gasteiger partial charge in [0.1, 0.15) is 0 Å². The summed E-state index contributed by atoms with van der Waals surface area (Å²) in [6, 6.07) is 4.77. The lowest BCUT2D eigenvalue weighted by atomic mass is 10.0. The number of unbranched alkanes of at least 4 members (excludes halogenated alkanes) is 2. The molecule has 0 saturated carbocycles. The van der Waals surface area contributed by atoms with Gasteiger partial charge in [-0.3, -0.25) is 4.79 Å². The Bertz CT molecular complexity index is 809. The molecule has 3 amide bonds. The van der Waals surface area contributed by atoms with Crippen LogP contribution in [0, 0.1) is 17.8 Å². The van der Waals surface area contributed by atoms with Crippen LogP contribution in [0.5, 0.6) is 0 Å². The summed E-state index contributed by atoms with van der Waals surface area (Å²) in [5.74, 6) is -1.16. The first kappa shape index (κ1) is 20.8. The highest BCUT2D eigenvalue weighted by Gasteiger charge is 2.27. The quantitative estimate of drug-likeness (QED) is 0.516. The molecule has 1 saturated heterocycles. The number of halogens is 2. The van der Waals surface area contributed by atoms with Crippen LogP contribution < -0.4 is 10.6 Å². The Morgan fingerprint density at radius 2 is 2.00 bits per heavy atom. The second-order valence-electron chi connectivity index (χ2n) is 7.11. The van der Waals surface area contributed by atoms with E-state index in [0.29, 0.717) is 18.2 Å². The molecule has 7 nitrogen and oxygen atoms in total. The predicted octanol–water partition coefficient (Wildman–Crippen LogP) is 3.80. The number of amides is 3. The van der Waals surface area contributed by atoms with Crippen LogP contribution >= 0.6 is 0 Å². The summed E-state index contributed by atoms with van der Waals surface area (Å²) in [5.41, 5.74) is 0.0161. The number of carbonyl (C=O) groups excluding carboxylic acids is 2. The summed E-state index contributed by atoms with van der Waals surface area (Å²) in [6.07, 6.45) is 6.28. The van der Waals surface area contributed by atoms with Crippen molar-refractivity contribution in [3.63, 3.8) is 0 Å². The number of furan rings is 1. The first-order chi connectivity index (χ1) is 14.0. The average molecular weight is 406 g/mol. The van der Waals surface area contributed by atoms with Crippen LogP contribution in [-0.2, 0) is 0 Å². The van der Waals surface area contributed by atoms with Gasteiger partial charge >= 0.3 is 6.03 Å². The number of hydrogen-bond acceptors (Lipinski definition) is 4. The number of carbonyl (C=O) groups is 2. The van der Waals surface area contributed by atoms with Crippen LogP contribution in [0.3, 0.4) is 0 Å². The standard InChI is InChI=1S/C20H24F2N4O3/c21-17-11-15(12-18(22)25-17)24-20(28)23-8-3-1-2-5-14-7-9-26(13-14)19(27)16-6-4-10-29-16/h4,6,10-12,14H,1-3,5,7-9,13H2,(H2,23,24,25,28). The minimum atomic E-state index is -0.989. The molecule has 9 heteroatoms. The Kier molecular flexibility index (Phi) is 7.15. The average Bonchev–Trinajstić information content (AvgIpc) is 3.35. The van der Waals surface area contributed by atoms with Crippen LogP contribution in [0.25, 0.3) is 0 Å². The maximum absolute atomic E-state index is 13.0. The molecule has 29 heavy (non-hydrogen) atoms. The van der Waals surface area contributed by atoms with E-state index in [0.717, 1.165) is 57.3 Å². The Balaban J connectivity index is 1.26. The molecule has 0 radical (unpaired) electrons. The summed E-state index contributed by atoms with van der Waals surface area (Å²) >= 11 is 0. The van der Waals surface area contributed by atoms with Crippen LogP contribution in [0.15, 0.2) is 34.9 Å². The van der Waals surface area contributed by atoms with Gasteiger partial charge in [-0.05, 0) is 37.3 Å². The third kappa shape index (κ3) is 6.27. The maximum atomic E-state index is 13.0. The third-order valence-electron chi connectivity index (χ3n) is 4.90. The molecule has 1 fully saturated rings. The molecule has 3 rings (SSSR count). The van der Waals surface area contributed by atoms with Gasteiger partial charge in [-0.25, -0.2) is 4.79 Å². The summed E-state index contributed by atoms with van der Waals surface area (Å²) < 4.78 is 31.1. The van der Waals surface area contributed by atoms with E-state index in [1.807, 2.05) is 4.90 Å². The number of rotatable bonds is 8. The summed E-state index contributed by atoms with van der Waals surface area (Å²) in [4.78, 5) is 28.8. The molecule has 1 aliphatic rings. The molecule has 2 aromatic heterocycles. The summed E-state index contributed by atoms with van der Waals surface area (Å²) in [6.45, 7) is 1.97. The highest BCUT2D eigenvalue weighted by Crippen LogP contribution is 2.23. The predicted molar refractivity (Wildman–Crippen MR) is 102 cm³/mol. The minimum absolute atomic E-state index is 0.0161. The lowest BCUT2D eigenvalue weighted by Crippen LogP contribution is -2.29. The van der Waals surface area contributed by atoms with Crippen molar-refractivity contribution in [2.75, 3.05) is 25.0 Å². The number of anilines is 1. The SMILES string of the molecule is O=C(NCCCCCC1CCN(C(=O)c2ccco2)C1)Nc1cc(F)nc(F)c1. The lowest BCUT2D eigenvalue weighted by Gasteiger charge is -2.15. The van der Waals surface area contributed by atoms with Gasteiger partial charge in [0.15, 0.2) is 5.76 Å². The zero-order valence-electron chi connectivity index (χ0n) is 16.0. The molecular weight excluding hydrogens is 382 g/mol. The Morgan fingerprint density at radius 1 is 1.21 bits per heavy atom. The van der Waals surface area contributed by atoms with E-state index in [9.17, 15) is 18.4 Å². The van der Waals surface area contributed by atoms with Crippen molar-refractivity contribution in [3.8, 4) is 0 Å². The molecule has 0 aliphatic carbocycles. The van der Waals surface area contributed by atoms with Gasteiger partial charge in [-0.15, -0.1) is 0 Å². The van der Waals surface area contributed by atoms with Crippen LogP contribution in [0.4, 0.5) is 19.3 Å². The van der Waals surface area contributed by atoms with Gasteiger partial charge in [0.25, 0.3) is 5.91 Å². The van der Waals surface area contributed by atoms with Gasteiger partial charge < -0.3 is 20.0 Å². The highest BCUT2D eigenvalue weighted by atomic mass is 19.1. The van der Waals surface area contributed by atoms with Gasteiger partial charge in [0.2, 0.25) is 11.9 Å². The number of aromatic nitrogens is 1. The number of hydrogen-bond donors (Lipinski definition) is 2. The van der Waals surface area contributed by atoms with E-state index < -0.39 is 17.9 Å². The fourth-order valence-corrected chi connectivity index (χ4v) is 3.46. The van der Waals surface area contributed by atoms with Gasteiger partial charge in [-0.2, -0.15) is 13.8 Å². The van der Waals surface area contributed by atoms with Crippen LogP contribution in [0.2, 0.25) is 0 Å². The van der Waals surface area contributed by atoms with Crippen molar-refractivity contribution in [2.24, 2.45) is 5.92 Å². The van der Waals surface area contributed by atoms with E-state index in [1.165, 1.54) is 6.26 Å². The van der Waals surface area contributed by atoms with Crippen molar-refractivity contribution >= 4 is 17.6 Å². The van der Waals surface area contributed by atoms with Crippen molar-refractivity contribution < 1.29 is 22.8 Å². The number of pyridine rings is 1. The third-order valence-corrected chi connectivity index (χ3v) is 4.90. The molecule has 1 atom stereocenters. The minimum Gasteiger partial charge on any atom is -0.459 e. The zero-order chi connectivity index (χ0) is 20.6. The second kappa shape index (κ2) is 9.99. The van der Waals surface area contributed by atoms with Crippen LogP contribution in [0.1, 0.15) is 42.7 Å². The zero-order valence-corrected chi connectivity index (χ0v) is 16.0. The normalized spacial score (nSPS) is 16.1. The smallest absolute Gasteiger partial charge is 0.319 e. The first-order valence-electron chi connectivity index (χ1n) is 9.72. The Hall–Kier alpha value is -2.97. The topological polar surface area (TPSA) is 87.5 Å². The van der Waals surface area contributed by atoms with Gasteiger partial charge in [-0.1, -0.05) is 12.8 Å². The molecule has 0 aromatic carbocycles. The lowest BCUT2D eigenvalue weighted by molar-refractivity contribution is 0.0754. The number of likely N-dealkylation sites (tertiary alicyclic amines) is 1. The monoisotopic (exact) mass is 406 g/mol. The fourth-order valence-electron chi connectivity index (χ4n) is 3.46. The van der Waals surface area contributed by atoms with Crippen LogP contribution in [-0.4, -0.2) is 41.5 Å². The van der Waals surface area contributed by atoms with Crippen molar-refractivity contribution in [1.29, 1.82) is 0 Å². The molecule has 0 bridgehead atoms. The molecule has 3 heterocycles. The van der Waals surface area contributed by atoms with Gasteiger partial charge in [0, 0.05) is 31.8 Å². The summed E-state index contributed by atoms with van der Waals surface area (Å²) in [5, 5.41) is 5.03. The van der Waals surface area contributed by atoms with Crippen molar-refractivity contribution in [3.05, 3.63) is 48.2 Å². The highest BCUT2D eigenvalue weighted by molar-refractivity contribution is 5.91. The summed E-state index contributed by atoms with van der Waals surface area (Å²) in [7, 11) is 0. The maximum Gasteiger partial charge on any atom is 0.319 e. The van der Waals surface area contributed by atoms with E-state index >= 15 is 0 Å². The number of urea groups is 1. The fraction of sp³-hybridized carbons (Fsp3) is 0.450. The Morgan fingerprint density at radius 3 is 2.72 bits per heavy atom.